The first kappa shape index (κ1) is 36.8. The predicted molar refractivity (Wildman–Crippen MR) is 179 cm³/mol. The van der Waals surface area contributed by atoms with E-state index in [2.05, 4.69) is 5.32 Å². The molecule has 276 valence electrons. The molecule has 2 amide bonds. The van der Waals surface area contributed by atoms with Crippen LogP contribution in [0.5, 0.6) is 5.75 Å². The van der Waals surface area contributed by atoms with Crippen LogP contribution in [0.2, 0.25) is 0 Å². The van der Waals surface area contributed by atoms with E-state index in [9.17, 15) is 57.6 Å². The molecule has 2 aromatic carbocycles. The smallest absolute Gasteiger partial charge is 0.450 e. The number of halogens is 3. The first-order valence-electron chi connectivity index (χ1n) is 16.6. The molecule has 0 spiro atoms. The molecule has 2 fully saturated rings. The third-order valence-corrected chi connectivity index (χ3v) is 11.4. The molecule has 15 heteroatoms. The lowest BCUT2D eigenvalue weighted by Crippen LogP contribution is -2.72. The van der Waals surface area contributed by atoms with Crippen molar-refractivity contribution in [3.63, 3.8) is 0 Å². The molecular formula is C37H38F3N3O9. The SMILES string of the molecule is CN(C)[C@@H]1C(=O)C(C(N)=O)=C(O)[C@@]2(O)C(=O)C3=C(O)c4c(O)ccc(-c5ccc(NC(=O)C6CCCC6C(=O)C(F)(F)F)cc5)c4C[C@@]3(C)C[C@@]12C. The number of nitrogens with two attached hydrogens (primary N) is 1. The van der Waals surface area contributed by atoms with Gasteiger partial charge < -0.3 is 31.5 Å². The summed E-state index contributed by atoms with van der Waals surface area (Å²) in [5, 5.41) is 48.7. The van der Waals surface area contributed by atoms with Gasteiger partial charge in [-0.3, -0.25) is 28.9 Å². The molecule has 6 rings (SSSR count). The fourth-order valence-electron chi connectivity index (χ4n) is 9.36. The molecule has 6 atom stereocenters. The summed E-state index contributed by atoms with van der Waals surface area (Å²) in [6.45, 7) is 3.09. The molecule has 0 heterocycles. The number of aliphatic hydroxyl groups is 3. The number of Topliss-reactive ketones (excluding diaryl/α,β-unsaturated/α-hetero) is 3. The molecule has 12 nitrogen and oxygen atoms in total. The van der Waals surface area contributed by atoms with Crippen LogP contribution in [0.4, 0.5) is 18.9 Å². The van der Waals surface area contributed by atoms with Gasteiger partial charge in [0.15, 0.2) is 11.4 Å². The summed E-state index contributed by atoms with van der Waals surface area (Å²) < 4.78 is 39.4. The molecule has 52 heavy (non-hydrogen) atoms. The molecule has 0 radical (unpaired) electrons. The monoisotopic (exact) mass is 725 g/mol. The lowest BCUT2D eigenvalue weighted by Gasteiger charge is -2.59. The van der Waals surface area contributed by atoms with E-state index in [1.807, 2.05) is 0 Å². The van der Waals surface area contributed by atoms with Crippen LogP contribution < -0.4 is 11.1 Å². The van der Waals surface area contributed by atoms with Crippen molar-refractivity contribution in [1.82, 2.24) is 4.90 Å². The van der Waals surface area contributed by atoms with Crippen molar-refractivity contribution in [3.05, 3.63) is 64.4 Å². The number of ketones is 3. The van der Waals surface area contributed by atoms with Crippen LogP contribution in [0.15, 0.2) is 53.3 Å². The zero-order chi connectivity index (χ0) is 38.5. The number of phenols is 1. The van der Waals surface area contributed by atoms with Gasteiger partial charge in [-0.25, -0.2) is 0 Å². The number of carbonyl (C=O) groups is 5. The van der Waals surface area contributed by atoms with E-state index in [0.29, 0.717) is 23.1 Å². The molecule has 2 saturated carbocycles. The molecule has 7 N–H and O–H groups in total. The van der Waals surface area contributed by atoms with Crippen LogP contribution in [0.25, 0.3) is 16.9 Å². The number of rotatable bonds is 6. The Morgan fingerprint density at radius 1 is 0.962 bits per heavy atom. The number of hydrogen-bond acceptors (Lipinski definition) is 10. The van der Waals surface area contributed by atoms with Crippen LogP contribution in [0.1, 0.15) is 50.7 Å². The maximum Gasteiger partial charge on any atom is 0.450 e. The van der Waals surface area contributed by atoms with Gasteiger partial charge in [0, 0.05) is 33.9 Å². The van der Waals surface area contributed by atoms with E-state index >= 15 is 0 Å². The maximum absolute atomic E-state index is 14.5. The minimum Gasteiger partial charge on any atom is -0.508 e. The van der Waals surface area contributed by atoms with Crippen LogP contribution in [0.3, 0.4) is 0 Å². The summed E-state index contributed by atoms with van der Waals surface area (Å²) in [6.07, 6.45) is -4.80. The number of alkyl halides is 3. The number of fused-ring (bicyclic) bond motifs is 3. The Balaban J connectivity index is 1.39. The van der Waals surface area contributed by atoms with Gasteiger partial charge in [-0.1, -0.05) is 38.5 Å². The molecule has 2 unspecified atom stereocenters. The van der Waals surface area contributed by atoms with Gasteiger partial charge in [0.05, 0.1) is 11.6 Å². The highest BCUT2D eigenvalue weighted by molar-refractivity contribution is 6.25. The highest BCUT2D eigenvalue weighted by Gasteiger charge is 2.72. The summed E-state index contributed by atoms with van der Waals surface area (Å²) in [7, 11) is 3.02. The standard InChI is InChI=1S/C37H38F3N3O9/c1-34-14-21-18(16-8-10-17(11-9-16)42-33(51)20-7-5-6-19(20)29(47)37(38,39)40)12-13-22(44)23(21)26(45)25(34)31(49)36(52)30(48)24(32(41)50)27(46)28(43(3)4)35(36,2)15-34/h8-13,19-20,28,44-45,48,52H,5-7,14-15H2,1-4H3,(H2,41,50)(H,42,51)/t19?,20?,28-,34+,35+,36-/m1/s1. The van der Waals surface area contributed by atoms with E-state index < -0.39 is 92.5 Å². The van der Waals surface area contributed by atoms with E-state index in [0.717, 1.165) is 0 Å². The zero-order valence-electron chi connectivity index (χ0n) is 28.7. The lowest BCUT2D eigenvalue weighted by molar-refractivity contribution is -0.177. The van der Waals surface area contributed by atoms with Crippen LogP contribution in [-0.4, -0.2) is 86.4 Å². The average molecular weight is 726 g/mol. The molecule has 0 aromatic heterocycles. The highest BCUT2D eigenvalue weighted by atomic mass is 19.4. The molecule has 2 aromatic rings. The van der Waals surface area contributed by atoms with Gasteiger partial charge in [0.25, 0.3) is 5.91 Å². The van der Waals surface area contributed by atoms with Gasteiger partial charge >= 0.3 is 6.18 Å². The van der Waals surface area contributed by atoms with Crippen molar-refractivity contribution >= 4 is 40.6 Å². The zero-order valence-corrected chi connectivity index (χ0v) is 28.7. The Bertz CT molecular complexity index is 2020. The number of carbonyl (C=O) groups excluding carboxylic acids is 5. The topological polar surface area (TPSA) is 208 Å². The summed E-state index contributed by atoms with van der Waals surface area (Å²) in [5.74, 6) is -10.9. The Labute approximate surface area is 295 Å². The number of aromatic hydroxyl groups is 1. The lowest BCUT2D eigenvalue weighted by atomic mass is 9.46. The predicted octanol–water partition coefficient (Wildman–Crippen LogP) is 3.90. The van der Waals surface area contributed by atoms with Crippen molar-refractivity contribution in [1.29, 1.82) is 0 Å². The van der Waals surface area contributed by atoms with Crippen LogP contribution in [0, 0.1) is 22.7 Å². The van der Waals surface area contributed by atoms with Crippen molar-refractivity contribution in [2.75, 3.05) is 19.4 Å². The number of phenolic OH excluding ortho intramolecular Hbond substituents is 1. The summed E-state index contributed by atoms with van der Waals surface area (Å²) in [4.78, 5) is 66.8. The third-order valence-electron chi connectivity index (χ3n) is 11.4. The van der Waals surface area contributed by atoms with Gasteiger partial charge in [-0.05, 0) is 74.7 Å². The number of amides is 2. The number of anilines is 1. The molecule has 4 aliphatic rings. The van der Waals surface area contributed by atoms with E-state index in [4.69, 9.17) is 5.73 Å². The fraction of sp³-hybridized carbons (Fsp3) is 0.432. The number of benzene rings is 2. The minimum absolute atomic E-state index is 0.000842. The molecule has 0 bridgehead atoms. The van der Waals surface area contributed by atoms with Crippen LogP contribution in [-0.2, 0) is 30.4 Å². The number of aliphatic hydroxyl groups excluding tert-OH is 2. The Hall–Kier alpha value is -5.02. The number of nitrogens with zero attached hydrogens (tertiary/aromatic N) is 1. The second kappa shape index (κ2) is 12.0. The second-order valence-electron chi connectivity index (χ2n) is 15.0. The summed E-state index contributed by atoms with van der Waals surface area (Å²) in [5.41, 5.74) is -0.113. The number of likely N-dealkylation sites (N-methyl/N-ethyl adjacent to an activating group) is 1. The molecule has 0 saturated heterocycles. The summed E-state index contributed by atoms with van der Waals surface area (Å²) >= 11 is 0. The first-order valence-corrected chi connectivity index (χ1v) is 16.6. The van der Waals surface area contributed by atoms with Gasteiger partial charge in [0.1, 0.15) is 22.8 Å². The van der Waals surface area contributed by atoms with Crippen molar-refractivity contribution < 1.29 is 57.6 Å². The minimum atomic E-state index is -5.04. The van der Waals surface area contributed by atoms with E-state index in [1.54, 1.807) is 25.1 Å². The Kier molecular flexibility index (Phi) is 8.50. The maximum atomic E-state index is 14.5. The molecule has 4 aliphatic carbocycles. The van der Waals surface area contributed by atoms with E-state index in [1.165, 1.54) is 44.1 Å². The van der Waals surface area contributed by atoms with Crippen molar-refractivity contribution in [2.24, 2.45) is 28.4 Å². The third kappa shape index (κ3) is 5.15. The largest absolute Gasteiger partial charge is 0.508 e. The number of nitrogens with one attached hydrogen (secondary N) is 1. The fourth-order valence-corrected chi connectivity index (χ4v) is 9.36. The second-order valence-corrected chi connectivity index (χ2v) is 15.0. The molecule has 0 aliphatic heterocycles. The van der Waals surface area contributed by atoms with E-state index in [-0.39, 0.29) is 42.5 Å². The van der Waals surface area contributed by atoms with Crippen molar-refractivity contribution in [3.8, 4) is 16.9 Å². The van der Waals surface area contributed by atoms with Gasteiger partial charge in [0.2, 0.25) is 17.5 Å². The first-order chi connectivity index (χ1) is 24.1. The highest BCUT2D eigenvalue weighted by Crippen LogP contribution is 2.63. The average Bonchev–Trinajstić information content (AvgIpc) is 3.52. The quantitative estimate of drug-likeness (QED) is 0.237. The summed E-state index contributed by atoms with van der Waals surface area (Å²) in [6, 6.07) is 7.81. The van der Waals surface area contributed by atoms with Crippen LogP contribution >= 0.6 is 0 Å². The normalized spacial score (nSPS) is 30.2. The Morgan fingerprint density at radius 3 is 2.15 bits per heavy atom. The molecular weight excluding hydrogens is 687 g/mol. The Morgan fingerprint density at radius 2 is 1.58 bits per heavy atom. The number of hydrogen-bond donors (Lipinski definition) is 6. The number of primary amides is 1. The van der Waals surface area contributed by atoms with Crippen molar-refractivity contribution in [2.45, 2.75) is 63.8 Å². The van der Waals surface area contributed by atoms with Gasteiger partial charge in [-0.2, -0.15) is 13.2 Å². The van der Waals surface area contributed by atoms with Gasteiger partial charge in [-0.15, -0.1) is 0 Å².